The van der Waals surface area contributed by atoms with Crippen molar-refractivity contribution in [2.75, 3.05) is 24.5 Å². The Hall–Kier alpha value is -2.78. The fourth-order valence-electron chi connectivity index (χ4n) is 3.77. The van der Waals surface area contributed by atoms with Crippen molar-refractivity contribution in [3.05, 3.63) is 63.5 Å². The number of anilines is 1. The Balaban J connectivity index is 1.47. The molecule has 0 radical (unpaired) electrons. The molecule has 8 nitrogen and oxygen atoms in total. The maximum atomic E-state index is 13.3. The number of halogens is 2. The molecule has 1 aromatic heterocycles. The molecule has 1 saturated carbocycles. The molecule has 1 spiro atoms. The van der Waals surface area contributed by atoms with E-state index in [9.17, 15) is 14.4 Å². The SMILES string of the molecule is C=C(C(=O)NCc1ccc(Cl)cc1)C(=O)N(CC(=O)N1CC2(CC2)C1)c1ncc(Br)nc1C. The molecular weight excluding hydrogens is 510 g/mol. The maximum Gasteiger partial charge on any atom is 0.264 e. The zero-order valence-electron chi connectivity index (χ0n) is 18.1. The van der Waals surface area contributed by atoms with Crippen LogP contribution in [0.25, 0.3) is 0 Å². The van der Waals surface area contributed by atoms with Crippen molar-refractivity contribution in [3.63, 3.8) is 0 Å². The van der Waals surface area contributed by atoms with Gasteiger partial charge in [0, 0.05) is 30.1 Å². The zero-order chi connectivity index (χ0) is 23.8. The van der Waals surface area contributed by atoms with Crippen LogP contribution in [0, 0.1) is 12.3 Å². The van der Waals surface area contributed by atoms with Crippen LogP contribution in [0.3, 0.4) is 0 Å². The number of likely N-dealkylation sites (tertiary alicyclic amines) is 1. The quantitative estimate of drug-likeness (QED) is 0.336. The normalized spacial score (nSPS) is 15.5. The summed E-state index contributed by atoms with van der Waals surface area (Å²) in [7, 11) is 0. The van der Waals surface area contributed by atoms with Crippen LogP contribution in [0.2, 0.25) is 5.02 Å². The molecule has 2 fully saturated rings. The number of carbonyl (C=O) groups excluding carboxylic acids is 3. The largest absolute Gasteiger partial charge is 0.348 e. The van der Waals surface area contributed by atoms with E-state index in [4.69, 9.17) is 11.6 Å². The molecule has 4 rings (SSSR count). The van der Waals surface area contributed by atoms with E-state index in [1.165, 1.54) is 11.1 Å². The molecule has 1 saturated heterocycles. The smallest absolute Gasteiger partial charge is 0.264 e. The molecule has 2 heterocycles. The molecule has 0 unspecified atom stereocenters. The number of hydrogen-bond donors (Lipinski definition) is 1. The Labute approximate surface area is 205 Å². The molecule has 1 N–H and O–H groups in total. The molecule has 33 heavy (non-hydrogen) atoms. The lowest BCUT2D eigenvalue weighted by molar-refractivity contribution is -0.138. The highest BCUT2D eigenvalue weighted by molar-refractivity contribution is 9.10. The van der Waals surface area contributed by atoms with Crippen molar-refractivity contribution in [2.24, 2.45) is 5.41 Å². The van der Waals surface area contributed by atoms with Crippen LogP contribution < -0.4 is 10.2 Å². The van der Waals surface area contributed by atoms with Gasteiger partial charge in [0.25, 0.3) is 11.8 Å². The second-order valence-corrected chi connectivity index (χ2v) is 9.78. The first-order chi connectivity index (χ1) is 15.7. The number of amides is 3. The average molecular weight is 533 g/mol. The Kier molecular flexibility index (Phi) is 6.54. The lowest BCUT2D eigenvalue weighted by Gasteiger charge is -2.40. The number of nitrogens with one attached hydrogen (secondary N) is 1. The molecule has 1 aliphatic heterocycles. The van der Waals surface area contributed by atoms with Gasteiger partial charge in [-0.15, -0.1) is 0 Å². The zero-order valence-corrected chi connectivity index (χ0v) is 20.4. The van der Waals surface area contributed by atoms with E-state index in [1.807, 2.05) is 0 Å². The van der Waals surface area contributed by atoms with Crippen molar-refractivity contribution in [1.82, 2.24) is 20.2 Å². The molecule has 0 bridgehead atoms. The summed E-state index contributed by atoms with van der Waals surface area (Å²) in [5.74, 6) is -1.31. The van der Waals surface area contributed by atoms with Gasteiger partial charge >= 0.3 is 0 Å². The third-order valence-corrected chi connectivity index (χ3v) is 6.58. The highest BCUT2D eigenvalue weighted by Crippen LogP contribution is 2.52. The predicted molar refractivity (Wildman–Crippen MR) is 128 cm³/mol. The Bertz CT molecular complexity index is 1130. The Morgan fingerprint density at radius 3 is 2.52 bits per heavy atom. The molecule has 172 valence electrons. The number of carbonyl (C=O) groups is 3. The van der Waals surface area contributed by atoms with Gasteiger partial charge in [0.05, 0.1) is 17.5 Å². The average Bonchev–Trinajstić information content (AvgIpc) is 3.56. The van der Waals surface area contributed by atoms with Crippen molar-refractivity contribution >= 4 is 51.1 Å². The van der Waals surface area contributed by atoms with Gasteiger partial charge in [-0.3, -0.25) is 19.3 Å². The monoisotopic (exact) mass is 531 g/mol. The van der Waals surface area contributed by atoms with Gasteiger partial charge in [-0.2, -0.15) is 0 Å². The van der Waals surface area contributed by atoms with Crippen molar-refractivity contribution in [2.45, 2.75) is 26.3 Å². The molecule has 1 aliphatic carbocycles. The standard InChI is InChI=1S/C23H23BrClN5O3/c1-14(21(32)27-9-16-3-5-17(25)6-4-16)22(33)30(20-15(2)28-18(24)10-26-20)11-19(31)29-12-23(13-29)7-8-23/h3-6,10H,1,7-9,11-13H2,2H3,(H,27,32). The van der Waals surface area contributed by atoms with E-state index in [-0.39, 0.29) is 30.4 Å². The predicted octanol–water partition coefficient (Wildman–Crippen LogP) is 3.03. The Morgan fingerprint density at radius 1 is 1.24 bits per heavy atom. The van der Waals surface area contributed by atoms with Crippen LogP contribution in [0.5, 0.6) is 0 Å². The summed E-state index contributed by atoms with van der Waals surface area (Å²) in [5.41, 5.74) is 1.27. The lowest BCUT2D eigenvalue weighted by atomic mass is 9.97. The summed E-state index contributed by atoms with van der Waals surface area (Å²) >= 11 is 9.14. The summed E-state index contributed by atoms with van der Waals surface area (Å²) in [6.45, 7) is 6.75. The van der Waals surface area contributed by atoms with Crippen LogP contribution in [0.1, 0.15) is 24.1 Å². The van der Waals surface area contributed by atoms with Gasteiger partial charge in [0.2, 0.25) is 5.91 Å². The number of hydrogen-bond acceptors (Lipinski definition) is 5. The minimum atomic E-state index is -0.696. The van der Waals surface area contributed by atoms with Crippen molar-refractivity contribution in [3.8, 4) is 0 Å². The van der Waals surface area contributed by atoms with Crippen LogP contribution >= 0.6 is 27.5 Å². The summed E-state index contributed by atoms with van der Waals surface area (Å²) < 4.78 is 0.500. The van der Waals surface area contributed by atoms with Gasteiger partial charge in [-0.25, -0.2) is 9.97 Å². The first kappa shape index (κ1) is 23.4. The van der Waals surface area contributed by atoms with Crippen molar-refractivity contribution < 1.29 is 14.4 Å². The minimum Gasteiger partial charge on any atom is -0.348 e. The minimum absolute atomic E-state index is 0.195. The van der Waals surface area contributed by atoms with Gasteiger partial charge in [-0.05, 0) is 53.4 Å². The highest BCUT2D eigenvalue weighted by atomic mass is 79.9. The molecule has 0 atom stereocenters. The second-order valence-electron chi connectivity index (χ2n) is 8.53. The van der Waals surface area contributed by atoms with E-state index in [2.05, 4.69) is 37.8 Å². The number of nitrogens with zero attached hydrogens (tertiary/aromatic N) is 4. The van der Waals surface area contributed by atoms with Gasteiger partial charge in [0.1, 0.15) is 11.1 Å². The maximum absolute atomic E-state index is 13.3. The molecule has 1 aromatic carbocycles. The van der Waals surface area contributed by atoms with Gasteiger partial charge < -0.3 is 10.2 Å². The first-order valence-corrected chi connectivity index (χ1v) is 11.6. The van der Waals surface area contributed by atoms with Crippen molar-refractivity contribution in [1.29, 1.82) is 0 Å². The number of aromatic nitrogens is 2. The molecule has 2 aliphatic rings. The Morgan fingerprint density at radius 2 is 1.91 bits per heavy atom. The topological polar surface area (TPSA) is 95.5 Å². The van der Waals surface area contributed by atoms with Crippen LogP contribution in [0.4, 0.5) is 5.82 Å². The van der Waals surface area contributed by atoms with Crippen LogP contribution in [-0.4, -0.2) is 52.2 Å². The number of rotatable bonds is 7. The lowest BCUT2D eigenvalue weighted by Crippen LogP contribution is -2.55. The van der Waals surface area contributed by atoms with E-state index in [0.717, 1.165) is 18.4 Å². The number of aryl methyl sites for hydroxylation is 1. The third-order valence-electron chi connectivity index (χ3n) is 5.95. The summed E-state index contributed by atoms with van der Waals surface area (Å²) in [6.07, 6.45) is 3.72. The van der Waals surface area contributed by atoms with Crippen LogP contribution in [-0.2, 0) is 20.9 Å². The van der Waals surface area contributed by atoms with E-state index in [0.29, 0.717) is 33.8 Å². The molecule has 2 aromatic rings. The van der Waals surface area contributed by atoms with Crippen LogP contribution in [0.15, 0.2) is 47.2 Å². The molecule has 3 amide bonds. The second kappa shape index (κ2) is 9.23. The fraction of sp³-hybridized carbons (Fsp3) is 0.348. The van der Waals surface area contributed by atoms with Gasteiger partial charge in [-0.1, -0.05) is 30.3 Å². The third kappa shape index (κ3) is 5.25. The summed E-state index contributed by atoms with van der Waals surface area (Å²) in [5, 5.41) is 3.27. The highest BCUT2D eigenvalue weighted by Gasteiger charge is 2.53. The molecular formula is C23H23BrClN5O3. The number of benzene rings is 1. The van der Waals surface area contributed by atoms with E-state index in [1.54, 1.807) is 36.1 Å². The van der Waals surface area contributed by atoms with Gasteiger partial charge in [0.15, 0.2) is 5.82 Å². The summed E-state index contributed by atoms with van der Waals surface area (Å²) in [6, 6.07) is 6.98. The van der Waals surface area contributed by atoms with E-state index < -0.39 is 11.8 Å². The first-order valence-electron chi connectivity index (χ1n) is 10.5. The summed E-state index contributed by atoms with van der Waals surface area (Å²) in [4.78, 5) is 50.3. The molecule has 10 heteroatoms. The van der Waals surface area contributed by atoms with E-state index >= 15 is 0 Å². The fourth-order valence-corrected chi connectivity index (χ4v) is 4.27.